The molecular formula is C26H26FN5O7S. The minimum Gasteiger partial charge on any atom is -0.467 e. The monoisotopic (exact) mass is 571 g/mol. The molecular weight excluding hydrogens is 545 g/mol. The number of sulfonamides is 1. The van der Waals surface area contributed by atoms with Crippen molar-refractivity contribution in [2.75, 3.05) is 0 Å². The largest absolute Gasteiger partial charge is 0.467 e. The van der Waals surface area contributed by atoms with Crippen LogP contribution in [0, 0.1) is 22.9 Å². The first-order valence-corrected chi connectivity index (χ1v) is 13.6. The zero-order valence-corrected chi connectivity index (χ0v) is 22.6. The van der Waals surface area contributed by atoms with Crippen LogP contribution in [0.3, 0.4) is 0 Å². The third-order valence-electron chi connectivity index (χ3n) is 5.96. The number of halogens is 1. The Kier molecular flexibility index (Phi) is 8.30. The van der Waals surface area contributed by atoms with Gasteiger partial charge in [-0.1, -0.05) is 6.92 Å². The number of nitrogens with one attached hydrogen (secondary N) is 2. The number of amides is 1. The van der Waals surface area contributed by atoms with Crippen LogP contribution in [0.1, 0.15) is 42.1 Å². The van der Waals surface area contributed by atoms with E-state index >= 15 is 0 Å². The highest BCUT2D eigenvalue weighted by molar-refractivity contribution is 7.89. The number of non-ortho nitro benzene ring substituents is 1. The fourth-order valence-corrected chi connectivity index (χ4v) is 5.13. The lowest BCUT2D eigenvalue weighted by Gasteiger charge is -2.16. The number of nitrogens with zero attached hydrogens (tertiary/aromatic N) is 3. The highest BCUT2D eigenvalue weighted by atomic mass is 32.2. The molecule has 4 aromatic rings. The van der Waals surface area contributed by atoms with Crippen LogP contribution in [0.25, 0.3) is 5.69 Å². The Hall–Kier alpha value is -4.56. The van der Waals surface area contributed by atoms with Gasteiger partial charge in [-0.15, -0.1) is 0 Å². The maximum absolute atomic E-state index is 13.7. The van der Waals surface area contributed by atoms with Crippen LogP contribution in [0.5, 0.6) is 11.6 Å². The first kappa shape index (κ1) is 28.4. The SMILES string of the molecule is CCC(C)NS(=O)(=O)c1cc([N+](=O)[O-])ccc1Oc1c(C)c(C(=O)NCc2ccco2)nn1-c1ccc(F)cc1. The Bertz CT molecular complexity index is 1630. The Labute approximate surface area is 229 Å². The highest BCUT2D eigenvalue weighted by Gasteiger charge is 2.28. The molecule has 210 valence electrons. The molecule has 4 rings (SSSR count). The van der Waals surface area contributed by atoms with E-state index in [0.717, 1.165) is 18.2 Å². The predicted molar refractivity (Wildman–Crippen MR) is 141 cm³/mol. The topological polar surface area (TPSA) is 159 Å². The Morgan fingerprint density at radius 1 is 1.23 bits per heavy atom. The van der Waals surface area contributed by atoms with E-state index < -0.39 is 43.3 Å². The van der Waals surface area contributed by atoms with Gasteiger partial charge in [-0.2, -0.15) is 9.78 Å². The summed E-state index contributed by atoms with van der Waals surface area (Å²) >= 11 is 0. The van der Waals surface area contributed by atoms with Gasteiger partial charge in [-0.25, -0.2) is 17.5 Å². The fourth-order valence-electron chi connectivity index (χ4n) is 3.66. The van der Waals surface area contributed by atoms with Crippen molar-refractivity contribution in [3.8, 4) is 17.3 Å². The quantitative estimate of drug-likeness (QED) is 0.195. The molecule has 2 heterocycles. The molecule has 2 aromatic carbocycles. The van der Waals surface area contributed by atoms with Gasteiger partial charge in [-0.05, 0) is 62.7 Å². The standard InChI is InChI=1S/C26H26FN5O7S/c1-4-16(2)30-40(36,37)23-14-20(32(34)35)11-12-22(23)39-26-17(3)24(25(33)28-15-21-6-5-13-38-21)29-31(26)19-9-7-18(27)8-10-19/h5-14,16,30H,4,15H2,1-3H3,(H,28,33). The molecule has 0 bridgehead atoms. The Morgan fingerprint density at radius 3 is 2.58 bits per heavy atom. The number of hydrogen-bond acceptors (Lipinski definition) is 8. The van der Waals surface area contributed by atoms with Crippen molar-refractivity contribution in [1.82, 2.24) is 19.8 Å². The maximum Gasteiger partial charge on any atom is 0.272 e. The van der Waals surface area contributed by atoms with Gasteiger partial charge in [0.15, 0.2) is 5.69 Å². The fraction of sp³-hybridized carbons (Fsp3) is 0.231. The molecule has 2 aromatic heterocycles. The van der Waals surface area contributed by atoms with Gasteiger partial charge < -0.3 is 14.5 Å². The molecule has 1 amide bonds. The van der Waals surface area contributed by atoms with Crippen molar-refractivity contribution in [3.63, 3.8) is 0 Å². The van der Waals surface area contributed by atoms with Crippen molar-refractivity contribution in [2.45, 2.75) is 44.7 Å². The van der Waals surface area contributed by atoms with Gasteiger partial charge in [0.2, 0.25) is 15.9 Å². The van der Waals surface area contributed by atoms with E-state index in [9.17, 15) is 27.7 Å². The third kappa shape index (κ3) is 6.18. The zero-order chi connectivity index (χ0) is 29.0. The number of carbonyl (C=O) groups excluding carboxylic acids is 1. The van der Waals surface area contributed by atoms with Crippen LogP contribution in [-0.4, -0.2) is 35.1 Å². The lowest BCUT2D eigenvalue weighted by atomic mass is 10.2. The number of hydrogen-bond donors (Lipinski definition) is 2. The number of nitro groups is 1. The number of benzene rings is 2. The van der Waals surface area contributed by atoms with Gasteiger partial charge in [0.05, 0.1) is 23.4 Å². The van der Waals surface area contributed by atoms with Crippen LogP contribution in [0.4, 0.5) is 10.1 Å². The maximum atomic E-state index is 13.7. The van der Waals surface area contributed by atoms with E-state index in [-0.39, 0.29) is 29.4 Å². The molecule has 40 heavy (non-hydrogen) atoms. The van der Waals surface area contributed by atoms with E-state index in [1.807, 2.05) is 0 Å². The number of ether oxygens (including phenoxy) is 1. The second kappa shape index (κ2) is 11.7. The molecule has 14 heteroatoms. The molecule has 2 N–H and O–H groups in total. The summed E-state index contributed by atoms with van der Waals surface area (Å²) < 4.78 is 55.1. The summed E-state index contributed by atoms with van der Waals surface area (Å²) in [5.41, 5.74) is 0.0417. The number of furan rings is 1. The van der Waals surface area contributed by atoms with Crippen molar-refractivity contribution in [3.05, 3.63) is 93.8 Å². The molecule has 1 atom stereocenters. The van der Waals surface area contributed by atoms with Crippen molar-refractivity contribution >= 4 is 21.6 Å². The van der Waals surface area contributed by atoms with E-state index in [2.05, 4.69) is 15.1 Å². The molecule has 0 saturated carbocycles. The lowest BCUT2D eigenvalue weighted by Crippen LogP contribution is -2.32. The Balaban J connectivity index is 1.81. The molecule has 12 nitrogen and oxygen atoms in total. The van der Waals surface area contributed by atoms with Gasteiger partial charge in [0.1, 0.15) is 22.2 Å². The molecule has 0 spiro atoms. The molecule has 0 fully saturated rings. The summed E-state index contributed by atoms with van der Waals surface area (Å²) in [6, 6.07) is 11.2. The second-order valence-corrected chi connectivity index (χ2v) is 10.5. The molecule has 0 aliphatic rings. The van der Waals surface area contributed by atoms with E-state index in [1.54, 1.807) is 32.9 Å². The average Bonchev–Trinajstić information content (AvgIpc) is 3.56. The van der Waals surface area contributed by atoms with Crippen LogP contribution in [0.15, 0.2) is 70.2 Å². The minimum absolute atomic E-state index is 0.0464. The van der Waals surface area contributed by atoms with Crippen LogP contribution >= 0.6 is 0 Å². The first-order chi connectivity index (χ1) is 19.0. The first-order valence-electron chi connectivity index (χ1n) is 12.1. The summed E-state index contributed by atoms with van der Waals surface area (Å²) in [6.45, 7) is 5.05. The van der Waals surface area contributed by atoms with Crippen molar-refractivity contribution in [2.24, 2.45) is 0 Å². The van der Waals surface area contributed by atoms with Gasteiger partial charge >= 0.3 is 0 Å². The minimum atomic E-state index is -4.27. The van der Waals surface area contributed by atoms with E-state index in [1.165, 1.54) is 35.2 Å². The smallest absolute Gasteiger partial charge is 0.272 e. The lowest BCUT2D eigenvalue weighted by molar-refractivity contribution is -0.385. The molecule has 1 unspecified atom stereocenters. The van der Waals surface area contributed by atoms with Crippen molar-refractivity contribution < 1.29 is 31.7 Å². The average molecular weight is 572 g/mol. The molecule has 0 aliphatic heterocycles. The Morgan fingerprint density at radius 2 is 1.95 bits per heavy atom. The van der Waals surface area contributed by atoms with E-state index in [0.29, 0.717) is 17.9 Å². The van der Waals surface area contributed by atoms with Gasteiger partial charge in [0.25, 0.3) is 11.6 Å². The number of rotatable bonds is 11. The third-order valence-corrected chi connectivity index (χ3v) is 7.57. The summed E-state index contributed by atoms with van der Waals surface area (Å²) in [6.07, 6.45) is 1.94. The molecule has 0 aliphatic carbocycles. The molecule has 0 radical (unpaired) electrons. The predicted octanol–water partition coefficient (Wildman–Crippen LogP) is 4.62. The number of aromatic nitrogens is 2. The van der Waals surface area contributed by atoms with Crippen molar-refractivity contribution in [1.29, 1.82) is 0 Å². The van der Waals surface area contributed by atoms with Gasteiger partial charge in [-0.3, -0.25) is 14.9 Å². The van der Waals surface area contributed by atoms with Gasteiger partial charge in [0, 0.05) is 23.7 Å². The second-order valence-electron chi connectivity index (χ2n) is 8.85. The summed E-state index contributed by atoms with van der Waals surface area (Å²) in [5.74, 6) is -0.866. The summed E-state index contributed by atoms with van der Waals surface area (Å²) in [4.78, 5) is 23.3. The normalized spacial score (nSPS) is 12.2. The van der Waals surface area contributed by atoms with Crippen LogP contribution in [0.2, 0.25) is 0 Å². The summed E-state index contributed by atoms with van der Waals surface area (Å²) in [5, 5.41) is 18.5. The molecule has 0 saturated heterocycles. The van der Waals surface area contributed by atoms with Crippen LogP contribution < -0.4 is 14.8 Å². The summed E-state index contributed by atoms with van der Waals surface area (Å²) in [7, 11) is -4.27. The van der Waals surface area contributed by atoms with E-state index in [4.69, 9.17) is 9.15 Å². The van der Waals surface area contributed by atoms with Crippen LogP contribution in [-0.2, 0) is 16.6 Å². The number of carbonyl (C=O) groups is 1. The zero-order valence-electron chi connectivity index (χ0n) is 21.8. The highest BCUT2D eigenvalue weighted by Crippen LogP contribution is 2.36. The number of nitro benzene ring substituents is 1.